The number of carbonyl (C=O) groups excluding carboxylic acids is 1. The largest absolute Gasteiger partial charge is 0.466 e. The quantitative estimate of drug-likeness (QED) is 0.775. The minimum Gasteiger partial charge on any atom is -0.466 e. The lowest BCUT2D eigenvalue weighted by atomic mass is 9.75. The molecule has 0 bridgehead atoms. The first kappa shape index (κ1) is 13.8. The minimum absolute atomic E-state index is 0.228. The number of ether oxygens (including phenoxy) is 1. The topological polar surface area (TPSA) is 49.8 Å². The van der Waals surface area contributed by atoms with Crippen molar-refractivity contribution >= 4 is 5.97 Å². The molecule has 0 amide bonds. The molecule has 0 saturated carbocycles. The summed E-state index contributed by atoms with van der Waals surface area (Å²) < 4.78 is 5.11. The van der Waals surface area contributed by atoms with E-state index < -0.39 is 5.60 Å². The van der Waals surface area contributed by atoms with Crippen molar-refractivity contribution in [1.29, 1.82) is 0 Å². The van der Waals surface area contributed by atoms with Gasteiger partial charge in [0.25, 0.3) is 0 Å². The molecular weight excluding hydrogens is 230 g/mol. The Morgan fingerprint density at radius 3 is 2.94 bits per heavy atom. The lowest BCUT2D eigenvalue weighted by Crippen LogP contribution is -2.53. The van der Waals surface area contributed by atoms with E-state index in [2.05, 4.69) is 4.90 Å². The molecule has 4 heteroatoms. The third kappa shape index (κ3) is 2.54. The highest BCUT2D eigenvalue weighted by Gasteiger charge is 2.47. The van der Waals surface area contributed by atoms with Crippen molar-refractivity contribution in [3.8, 4) is 0 Å². The van der Waals surface area contributed by atoms with Gasteiger partial charge in [0.15, 0.2) is 0 Å². The first-order chi connectivity index (χ1) is 8.60. The number of aliphatic hydroxyl groups is 1. The highest BCUT2D eigenvalue weighted by atomic mass is 16.5. The number of piperidine rings is 1. The molecule has 2 saturated heterocycles. The normalized spacial score (nSPS) is 34.1. The predicted molar refractivity (Wildman–Crippen MR) is 69.2 cm³/mol. The molecule has 0 radical (unpaired) electrons. The molecule has 3 atom stereocenters. The van der Waals surface area contributed by atoms with Crippen LogP contribution in [0.5, 0.6) is 0 Å². The fourth-order valence-corrected chi connectivity index (χ4v) is 3.59. The van der Waals surface area contributed by atoms with Gasteiger partial charge in [0, 0.05) is 12.6 Å². The summed E-state index contributed by atoms with van der Waals surface area (Å²) in [5, 5.41) is 10.8. The molecular formula is C14H25NO3. The van der Waals surface area contributed by atoms with Gasteiger partial charge in [-0.25, -0.2) is 0 Å². The molecule has 4 nitrogen and oxygen atoms in total. The number of hydrogen-bond acceptors (Lipinski definition) is 4. The highest BCUT2D eigenvalue weighted by Crippen LogP contribution is 2.39. The second-order valence-electron chi connectivity index (χ2n) is 5.60. The van der Waals surface area contributed by atoms with Gasteiger partial charge in [-0.1, -0.05) is 6.92 Å². The average molecular weight is 255 g/mol. The zero-order valence-electron chi connectivity index (χ0n) is 11.5. The van der Waals surface area contributed by atoms with Crippen LogP contribution in [0.2, 0.25) is 0 Å². The van der Waals surface area contributed by atoms with Crippen LogP contribution in [0.3, 0.4) is 0 Å². The molecule has 2 aliphatic heterocycles. The van der Waals surface area contributed by atoms with Gasteiger partial charge in [0.1, 0.15) is 0 Å². The van der Waals surface area contributed by atoms with Crippen molar-refractivity contribution in [3.05, 3.63) is 0 Å². The van der Waals surface area contributed by atoms with Gasteiger partial charge in [-0.2, -0.15) is 0 Å². The molecule has 0 spiro atoms. The van der Waals surface area contributed by atoms with Crippen LogP contribution >= 0.6 is 0 Å². The van der Waals surface area contributed by atoms with E-state index in [1.165, 1.54) is 6.42 Å². The van der Waals surface area contributed by atoms with Crippen LogP contribution in [-0.4, -0.2) is 47.3 Å². The maximum absolute atomic E-state index is 12.0. The molecule has 0 aliphatic carbocycles. The average Bonchev–Trinajstić information content (AvgIpc) is 2.76. The molecule has 2 rings (SSSR count). The van der Waals surface area contributed by atoms with Crippen molar-refractivity contribution < 1.29 is 14.6 Å². The summed E-state index contributed by atoms with van der Waals surface area (Å²) in [6, 6.07) is 0.465. The zero-order valence-corrected chi connectivity index (χ0v) is 11.5. The highest BCUT2D eigenvalue weighted by molar-refractivity contribution is 5.73. The van der Waals surface area contributed by atoms with Crippen LogP contribution in [0, 0.1) is 5.92 Å². The van der Waals surface area contributed by atoms with Crippen LogP contribution in [-0.2, 0) is 9.53 Å². The smallest absolute Gasteiger partial charge is 0.311 e. The Hall–Kier alpha value is -0.610. The molecule has 1 N–H and O–H groups in total. The summed E-state index contributed by atoms with van der Waals surface area (Å²) >= 11 is 0. The molecule has 2 heterocycles. The zero-order chi connectivity index (χ0) is 13.2. The number of carbonyl (C=O) groups is 1. The van der Waals surface area contributed by atoms with Crippen LogP contribution in [0.15, 0.2) is 0 Å². The van der Waals surface area contributed by atoms with Crippen LogP contribution in [0.1, 0.15) is 46.0 Å². The summed E-state index contributed by atoms with van der Waals surface area (Å²) in [6.07, 6.45) is 4.45. The van der Waals surface area contributed by atoms with Gasteiger partial charge >= 0.3 is 5.97 Å². The number of nitrogens with zero attached hydrogens (tertiary/aromatic N) is 1. The number of hydrogen-bond donors (Lipinski definition) is 1. The summed E-state index contributed by atoms with van der Waals surface area (Å²) in [7, 11) is 0. The SMILES string of the molecule is CCOC(=O)C(CC)C1(O)CCN2CCCC2C1. The van der Waals surface area contributed by atoms with Gasteiger partial charge in [0.2, 0.25) is 0 Å². The predicted octanol–water partition coefficient (Wildman–Crippen LogP) is 1.56. The Balaban J connectivity index is 2.06. The summed E-state index contributed by atoms with van der Waals surface area (Å²) in [5.41, 5.74) is -0.855. The van der Waals surface area contributed by atoms with Gasteiger partial charge in [-0.3, -0.25) is 4.79 Å². The van der Waals surface area contributed by atoms with Crippen LogP contribution in [0.4, 0.5) is 0 Å². The third-order valence-corrected chi connectivity index (χ3v) is 4.55. The number of esters is 1. The first-order valence-corrected chi connectivity index (χ1v) is 7.23. The van der Waals surface area contributed by atoms with Crippen molar-refractivity contribution in [2.75, 3.05) is 19.7 Å². The van der Waals surface area contributed by atoms with E-state index in [-0.39, 0.29) is 11.9 Å². The first-order valence-electron chi connectivity index (χ1n) is 7.23. The van der Waals surface area contributed by atoms with E-state index in [9.17, 15) is 9.90 Å². The van der Waals surface area contributed by atoms with Crippen LogP contribution in [0.25, 0.3) is 0 Å². The van der Waals surface area contributed by atoms with Gasteiger partial charge in [-0.15, -0.1) is 0 Å². The Bertz CT molecular complexity index is 307. The van der Waals surface area contributed by atoms with Crippen molar-refractivity contribution in [2.24, 2.45) is 5.92 Å². The van der Waals surface area contributed by atoms with Gasteiger partial charge < -0.3 is 14.7 Å². The fraction of sp³-hybridized carbons (Fsp3) is 0.929. The fourth-order valence-electron chi connectivity index (χ4n) is 3.59. The molecule has 104 valence electrons. The summed E-state index contributed by atoms with van der Waals surface area (Å²) in [4.78, 5) is 14.4. The summed E-state index contributed by atoms with van der Waals surface area (Å²) in [5.74, 6) is -0.589. The maximum Gasteiger partial charge on any atom is 0.311 e. The van der Waals surface area contributed by atoms with E-state index in [4.69, 9.17) is 4.74 Å². The Morgan fingerprint density at radius 2 is 2.28 bits per heavy atom. The lowest BCUT2D eigenvalue weighted by molar-refractivity contribution is -0.164. The van der Waals surface area contributed by atoms with Crippen LogP contribution < -0.4 is 0 Å². The molecule has 18 heavy (non-hydrogen) atoms. The lowest BCUT2D eigenvalue weighted by Gasteiger charge is -2.44. The maximum atomic E-state index is 12.0. The van der Waals surface area contributed by atoms with E-state index >= 15 is 0 Å². The van der Waals surface area contributed by atoms with Gasteiger partial charge in [-0.05, 0) is 45.6 Å². The minimum atomic E-state index is -0.855. The Morgan fingerprint density at radius 1 is 1.50 bits per heavy atom. The molecule has 0 aromatic rings. The molecule has 3 unspecified atom stereocenters. The van der Waals surface area contributed by atoms with Crippen molar-refractivity contribution in [2.45, 2.75) is 57.6 Å². The Labute approximate surface area is 109 Å². The van der Waals surface area contributed by atoms with E-state index in [0.29, 0.717) is 25.5 Å². The van der Waals surface area contributed by atoms with Crippen molar-refractivity contribution in [3.63, 3.8) is 0 Å². The molecule has 2 fully saturated rings. The third-order valence-electron chi connectivity index (χ3n) is 4.55. The molecule has 0 aromatic heterocycles. The van der Waals surface area contributed by atoms with Gasteiger partial charge in [0.05, 0.1) is 18.1 Å². The molecule has 0 aromatic carbocycles. The second kappa shape index (κ2) is 5.57. The Kier molecular flexibility index (Phi) is 4.28. The van der Waals surface area contributed by atoms with E-state index in [1.54, 1.807) is 0 Å². The van der Waals surface area contributed by atoms with Crippen molar-refractivity contribution in [1.82, 2.24) is 4.90 Å². The van der Waals surface area contributed by atoms with E-state index in [0.717, 1.165) is 25.9 Å². The molecule has 2 aliphatic rings. The van der Waals surface area contributed by atoms with E-state index in [1.807, 2.05) is 13.8 Å². The monoisotopic (exact) mass is 255 g/mol. The number of fused-ring (bicyclic) bond motifs is 1. The summed E-state index contributed by atoms with van der Waals surface area (Å²) in [6.45, 7) is 6.23. The standard InChI is InChI=1S/C14H25NO3/c1-3-12(13(16)18-4-2)14(17)7-9-15-8-5-6-11(15)10-14/h11-12,17H,3-10H2,1-2H3. The second-order valence-corrected chi connectivity index (χ2v) is 5.60. The number of rotatable bonds is 4.